The summed E-state index contributed by atoms with van der Waals surface area (Å²) in [5.74, 6) is -0.245. The van der Waals surface area contributed by atoms with Crippen LogP contribution < -0.4 is 0 Å². The van der Waals surface area contributed by atoms with Gasteiger partial charge in [0.2, 0.25) is 0 Å². The lowest BCUT2D eigenvalue weighted by molar-refractivity contribution is -0.124. The number of ether oxygens (including phenoxy) is 1. The van der Waals surface area contributed by atoms with Crippen LogP contribution in [0.25, 0.3) is 0 Å². The van der Waals surface area contributed by atoms with E-state index in [9.17, 15) is 13.6 Å². The van der Waals surface area contributed by atoms with Crippen LogP contribution in [0, 0.1) is 5.92 Å². The number of halogens is 2. The maximum atomic E-state index is 12.2. The lowest BCUT2D eigenvalue weighted by Gasteiger charge is -2.21. The average molecular weight is 237 g/mol. The van der Waals surface area contributed by atoms with E-state index >= 15 is 0 Å². The van der Waals surface area contributed by atoms with Gasteiger partial charge in [-0.15, -0.1) is 0 Å². The van der Waals surface area contributed by atoms with E-state index < -0.39 is 13.0 Å². The van der Waals surface area contributed by atoms with E-state index in [2.05, 4.69) is 0 Å². The number of aliphatic hydroxyl groups excluding tert-OH is 1. The largest absolute Gasteiger partial charge is 0.395 e. The molecule has 1 aliphatic rings. The van der Waals surface area contributed by atoms with Gasteiger partial charge in [-0.05, 0) is 6.42 Å². The molecule has 0 amide bonds. The van der Waals surface area contributed by atoms with Crippen LogP contribution in [-0.4, -0.2) is 61.7 Å². The van der Waals surface area contributed by atoms with Crippen molar-refractivity contribution in [2.24, 2.45) is 5.92 Å². The zero-order chi connectivity index (χ0) is 12.0. The SMILES string of the molecule is O=C(CN(CCO)CC(F)F)C1CCOC1. The van der Waals surface area contributed by atoms with Gasteiger partial charge in [0.1, 0.15) is 0 Å². The summed E-state index contributed by atoms with van der Waals surface area (Å²) in [6, 6.07) is 0. The highest BCUT2D eigenvalue weighted by Crippen LogP contribution is 2.14. The van der Waals surface area contributed by atoms with Crippen molar-refractivity contribution in [2.45, 2.75) is 12.8 Å². The molecule has 1 aliphatic heterocycles. The lowest BCUT2D eigenvalue weighted by atomic mass is 10.0. The maximum Gasteiger partial charge on any atom is 0.251 e. The third kappa shape index (κ3) is 4.51. The van der Waals surface area contributed by atoms with Crippen molar-refractivity contribution in [3.63, 3.8) is 0 Å². The molecule has 0 radical (unpaired) electrons. The van der Waals surface area contributed by atoms with Crippen LogP contribution in [0.5, 0.6) is 0 Å². The monoisotopic (exact) mass is 237 g/mol. The molecule has 1 saturated heterocycles. The van der Waals surface area contributed by atoms with Crippen LogP contribution in [0.4, 0.5) is 8.78 Å². The van der Waals surface area contributed by atoms with Crippen molar-refractivity contribution < 1.29 is 23.4 Å². The molecule has 1 atom stereocenters. The van der Waals surface area contributed by atoms with E-state index in [1.807, 2.05) is 0 Å². The molecule has 6 heteroatoms. The second-order valence-electron chi connectivity index (χ2n) is 3.88. The van der Waals surface area contributed by atoms with Crippen LogP contribution in [0.15, 0.2) is 0 Å². The minimum absolute atomic E-state index is 0.0288. The van der Waals surface area contributed by atoms with Crippen LogP contribution in [-0.2, 0) is 9.53 Å². The first-order valence-electron chi connectivity index (χ1n) is 5.35. The number of nitrogens with zero attached hydrogens (tertiary/aromatic N) is 1. The Hall–Kier alpha value is -0.590. The van der Waals surface area contributed by atoms with Crippen molar-refractivity contribution in [2.75, 3.05) is 39.5 Å². The summed E-state index contributed by atoms with van der Waals surface area (Å²) in [5.41, 5.74) is 0. The van der Waals surface area contributed by atoms with Gasteiger partial charge in [-0.2, -0.15) is 0 Å². The van der Waals surface area contributed by atoms with E-state index in [1.165, 1.54) is 4.90 Å². The normalized spacial score (nSPS) is 20.9. The third-order valence-electron chi connectivity index (χ3n) is 2.58. The first-order chi connectivity index (χ1) is 7.63. The predicted octanol–water partition coefficient (Wildman–Crippen LogP) is 0.151. The van der Waals surface area contributed by atoms with Gasteiger partial charge in [0.15, 0.2) is 5.78 Å². The summed E-state index contributed by atoms with van der Waals surface area (Å²) in [6.45, 7) is 0.329. The number of Topliss-reactive ketones (excluding diaryl/α,β-unsaturated/α-hetero) is 1. The summed E-state index contributed by atoms with van der Waals surface area (Å²) in [6.07, 6.45) is -1.82. The molecule has 0 aromatic carbocycles. The van der Waals surface area contributed by atoms with Crippen LogP contribution in [0.1, 0.15) is 6.42 Å². The van der Waals surface area contributed by atoms with Crippen LogP contribution in [0.2, 0.25) is 0 Å². The maximum absolute atomic E-state index is 12.2. The fourth-order valence-electron chi connectivity index (χ4n) is 1.71. The molecule has 0 aromatic heterocycles. The molecule has 1 unspecified atom stereocenters. The topological polar surface area (TPSA) is 49.8 Å². The average Bonchev–Trinajstić information content (AvgIpc) is 2.69. The quantitative estimate of drug-likeness (QED) is 0.685. The number of carbonyl (C=O) groups is 1. The fraction of sp³-hybridized carbons (Fsp3) is 0.900. The Bertz CT molecular complexity index is 220. The van der Waals surface area contributed by atoms with E-state index in [1.54, 1.807) is 0 Å². The minimum Gasteiger partial charge on any atom is -0.395 e. The first kappa shape index (κ1) is 13.5. The molecule has 1 heterocycles. The number of hydrogen-bond donors (Lipinski definition) is 1. The van der Waals surface area contributed by atoms with Crippen molar-refractivity contribution >= 4 is 5.78 Å². The second kappa shape index (κ2) is 6.88. The first-order valence-corrected chi connectivity index (χ1v) is 5.35. The molecular weight excluding hydrogens is 220 g/mol. The molecule has 1 rings (SSSR count). The second-order valence-corrected chi connectivity index (χ2v) is 3.88. The smallest absolute Gasteiger partial charge is 0.251 e. The standard InChI is InChI=1S/C10H17F2NO3/c11-10(12)6-13(2-3-14)5-9(15)8-1-4-16-7-8/h8,10,14H,1-7H2. The Morgan fingerprint density at radius 2 is 2.31 bits per heavy atom. The third-order valence-corrected chi connectivity index (χ3v) is 2.58. The number of ketones is 1. The van der Waals surface area contributed by atoms with Crippen molar-refractivity contribution in [1.29, 1.82) is 0 Å². The highest BCUT2D eigenvalue weighted by atomic mass is 19.3. The molecule has 4 nitrogen and oxygen atoms in total. The van der Waals surface area contributed by atoms with E-state index in [4.69, 9.17) is 9.84 Å². The van der Waals surface area contributed by atoms with E-state index in [-0.39, 0.29) is 31.4 Å². The molecule has 0 spiro atoms. The highest BCUT2D eigenvalue weighted by molar-refractivity contribution is 5.83. The Balaban J connectivity index is 2.36. The van der Waals surface area contributed by atoms with Gasteiger partial charge in [-0.1, -0.05) is 0 Å². The number of aliphatic hydroxyl groups is 1. The molecule has 94 valence electrons. The number of rotatable bonds is 7. The van der Waals surface area contributed by atoms with E-state index in [0.717, 1.165) is 0 Å². The summed E-state index contributed by atoms with van der Waals surface area (Å²) in [5, 5.41) is 8.71. The molecule has 16 heavy (non-hydrogen) atoms. The molecular formula is C10H17F2NO3. The van der Waals surface area contributed by atoms with E-state index in [0.29, 0.717) is 19.6 Å². The highest BCUT2D eigenvalue weighted by Gasteiger charge is 2.25. The molecule has 0 aliphatic carbocycles. The van der Waals surface area contributed by atoms with Gasteiger partial charge >= 0.3 is 0 Å². The van der Waals surface area contributed by atoms with Gasteiger partial charge in [-0.3, -0.25) is 9.69 Å². The number of carbonyl (C=O) groups excluding carboxylic acids is 1. The van der Waals surface area contributed by atoms with Crippen molar-refractivity contribution in [3.8, 4) is 0 Å². The summed E-state index contributed by atoms with van der Waals surface area (Å²) in [4.78, 5) is 12.9. The Labute approximate surface area is 93.2 Å². The van der Waals surface area contributed by atoms with Crippen LogP contribution in [0.3, 0.4) is 0 Å². The van der Waals surface area contributed by atoms with Crippen LogP contribution >= 0.6 is 0 Å². The Morgan fingerprint density at radius 3 is 2.81 bits per heavy atom. The van der Waals surface area contributed by atoms with Gasteiger partial charge in [0.25, 0.3) is 6.43 Å². The summed E-state index contributed by atoms with van der Waals surface area (Å²) in [7, 11) is 0. The lowest BCUT2D eigenvalue weighted by Crippen LogP contribution is -2.38. The van der Waals surface area contributed by atoms with Gasteiger partial charge in [0, 0.05) is 19.1 Å². The predicted molar refractivity (Wildman–Crippen MR) is 53.5 cm³/mol. The minimum atomic E-state index is -2.49. The Kier molecular flexibility index (Phi) is 5.79. The fourth-order valence-corrected chi connectivity index (χ4v) is 1.71. The number of alkyl halides is 2. The van der Waals surface area contributed by atoms with Gasteiger partial charge in [0.05, 0.1) is 26.3 Å². The molecule has 0 saturated carbocycles. The number of hydrogen-bond acceptors (Lipinski definition) is 4. The molecule has 0 bridgehead atoms. The van der Waals surface area contributed by atoms with Gasteiger partial charge < -0.3 is 9.84 Å². The Morgan fingerprint density at radius 1 is 1.56 bits per heavy atom. The summed E-state index contributed by atoms with van der Waals surface area (Å²) >= 11 is 0. The van der Waals surface area contributed by atoms with Crippen molar-refractivity contribution in [1.82, 2.24) is 4.90 Å². The molecule has 1 N–H and O–H groups in total. The van der Waals surface area contributed by atoms with Crippen molar-refractivity contribution in [3.05, 3.63) is 0 Å². The zero-order valence-corrected chi connectivity index (χ0v) is 9.07. The zero-order valence-electron chi connectivity index (χ0n) is 9.07. The van der Waals surface area contributed by atoms with Gasteiger partial charge in [-0.25, -0.2) is 8.78 Å². The summed E-state index contributed by atoms with van der Waals surface area (Å²) < 4.78 is 29.4. The molecule has 0 aromatic rings. The molecule has 1 fully saturated rings.